The van der Waals surface area contributed by atoms with E-state index in [0.29, 0.717) is 11.5 Å². The Bertz CT molecular complexity index is 606. The second kappa shape index (κ2) is 4.35. The molecule has 2 atom stereocenters. The van der Waals surface area contributed by atoms with Crippen LogP contribution in [-0.2, 0) is 9.59 Å². The quantitative estimate of drug-likeness (QED) is 0.764. The van der Waals surface area contributed by atoms with Crippen molar-refractivity contribution in [3.05, 3.63) is 42.6 Å². The van der Waals surface area contributed by atoms with Crippen molar-refractivity contribution in [2.24, 2.45) is 5.92 Å². The third kappa shape index (κ3) is 1.83. The normalized spacial score (nSPS) is 24.3. The summed E-state index contributed by atoms with van der Waals surface area (Å²) >= 11 is 0. The van der Waals surface area contributed by atoms with Gasteiger partial charge in [-0.1, -0.05) is 24.3 Å². The predicted molar refractivity (Wildman–Crippen MR) is 71.6 cm³/mol. The number of carbonyl (C=O) groups is 2. The van der Waals surface area contributed by atoms with E-state index in [-0.39, 0.29) is 23.8 Å². The van der Waals surface area contributed by atoms with Gasteiger partial charge in [-0.15, -0.1) is 0 Å². The zero-order valence-electron chi connectivity index (χ0n) is 10.4. The van der Waals surface area contributed by atoms with E-state index < -0.39 is 0 Å². The number of rotatable bonds is 0. The number of hydrogen-bond donors (Lipinski definition) is 1. The van der Waals surface area contributed by atoms with Crippen molar-refractivity contribution in [2.45, 2.75) is 13.0 Å². The number of amides is 2. The molecule has 2 unspecified atom stereocenters. The van der Waals surface area contributed by atoms with Crippen molar-refractivity contribution in [3.63, 3.8) is 0 Å². The zero-order chi connectivity index (χ0) is 13.4. The average Bonchev–Trinajstić information content (AvgIpc) is 2.53. The molecule has 1 N–H and O–H groups in total. The minimum atomic E-state index is -0.386. The van der Waals surface area contributed by atoms with Crippen LogP contribution in [0.2, 0.25) is 0 Å². The fraction of sp³-hybridized carbons (Fsp3) is 0.214. The van der Waals surface area contributed by atoms with Crippen LogP contribution in [0, 0.1) is 5.92 Å². The van der Waals surface area contributed by atoms with Crippen LogP contribution in [0.5, 0.6) is 0 Å². The van der Waals surface area contributed by atoms with Gasteiger partial charge in [-0.3, -0.25) is 14.5 Å². The summed E-state index contributed by atoms with van der Waals surface area (Å²) in [6.45, 7) is 1.48. The van der Waals surface area contributed by atoms with Crippen LogP contribution in [0.25, 0.3) is 0 Å². The summed E-state index contributed by atoms with van der Waals surface area (Å²) < 4.78 is 0. The maximum absolute atomic E-state index is 12.2. The first-order valence-electron chi connectivity index (χ1n) is 6.09. The third-order valence-corrected chi connectivity index (χ3v) is 3.32. The molecule has 0 bridgehead atoms. The lowest BCUT2D eigenvalue weighted by molar-refractivity contribution is -0.119. The van der Waals surface area contributed by atoms with Gasteiger partial charge in [0, 0.05) is 13.1 Å². The Labute approximate surface area is 110 Å². The van der Waals surface area contributed by atoms with E-state index in [1.807, 2.05) is 24.3 Å². The molecule has 1 aromatic heterocycles. The Kier molecular flexibility index (Phi) is 2.67. The van der Waals surface area contributed by atoms with Gasteiger partial charge in [0.2, 0.25) is 11.8 Å². The molecule has 0 radical (unpaired) electrons. The number of aromatic nitrogens is 1. The number of fused-ring (bicyclic) bond motifs is 2. The van der Waals surface area contributed by atoms with E-state index in [2.05, 4.69) is 10.3 Å². The van der Waals surface area contributed by atoms with Crippen LogP contribution in [0.1, 0.15) is 6.92 Å². The number of pyridine rings is 1. The minimum Gasteiger partial charge on any atom is -0.322 e. The van der Waals surface area contributed by atoms with E-state index in [0.717, 1.165) is 0 Å². The lowest BCUT2D eigenvalue weighted by Gasteiger charge is -2.30. The van der Waals surface area contributed by atoms with E-state index in [4.69, 9.17) is 0 Å². The van der Waals surface area contributed by atoms with Gasteiger partial charge in [-0.05, 0) is 12.1 Å². The minimum absolute atomic E-state index is 0.122. The van der Waals surface area contributed by atoms with Gasteiger partial charge >= 0.3 is 0 Å². The van der Waals surface area contributed by atoms with Crippen LogP contribution in [-0.4, -0.2) is 22.8 Å². The molecular weight excluding hydrogens is 242 g/mol. The highest BCUT2D eigenvalue weighted by molar-refractivity contribution is 6.04. The maximum atomic E-state index is 12.2. The largest absolute Gasteiger partial charge is 0.322 e. The van der Waals surface area contributed by atoms with Gasteiger partial charge in [0.05, 0.1) is 17.6 Å². The highest BCUT2D eigenvalue weighted by Gasteiger charge is 2.37. The molecule has 2 heterocycles. The Balaban J connectivity index is 2.18. The van der Waals surface area contributed by atoms with E-state index in [1.54, 1.807) is 23.2 Å². The van der Waals surface area contributed by atoms with E-state index >= 15 is 0 Å². The summed E-state index contributed by atoms with van der Waals surface area (Å²) in [5.74, 6) is -0.145. The first-order chi connectivity index (χ1) is 9.18. The molecule has 0 saturated heterocycles. The SMILES string of the molecule is CC(=O)N1c2ncccc2NC(=O)C2C=CC=CC21. The van der Waals surface area contributed by atoms with Crippen molar-refractivity contribution in [1.29, 1.82) is 0 Å². The summed E-state index contributed by atoms with van der Waals surface area (Å²) in [4.78, 5) is 30.0. The van der Waals surface area contributed by atoms with Gasteiger partial charge in [0.1, 0.15) is 0 Å². The standard InChI is InChI=1S/C14H13N3O2/c1-9(18)17-12-7-3-2-5-10(12)14(19)16-11-6-4-8-15-13(11)17/h2-8,10,12H,1H3,(H,16,19). The van der Waals surface area contributed by atoms with Crippen LogP contribution in [0.15, 0.2) is 42.6 Å². The monoisotopic (exact) mass is 255 g/mol. The molecule has 3 rings (SSSR count). The van der Waals surface area contributed by atoms with Crippen molar-refractivity contribution in [3.8, 4) is 0 Å². The fourth-order valence-electron chi connectivity index (χ4n) is 2.49. The van der Waals surface area contributed by atoms with Gasteiger partial charge in [-0.25, -0.2) is 4.98 Å². The molecule has 2 amide bonds. The molecule has 0 saturated carbocycles. The predicted octanol–water partition coefficient (Wildman–Crippen LogP) is 1.50. The average molecular weight is 255 g/mol. The fourth-order valence-corrected chi connectivity index (χ4v) is 2.49. The number of nitrogens with zero attached hydrogens (tertiary/aromatic N) is 2. The smallest absolute Gasteiger partial charge is 0.233 e. The first kappa shape index (κ1) is 11.6. The highest BCUT2D eigenvalue weighted by atomic mass is 16.2. The molecule has 2 aliphatic rings. The van der Waals surface area contributed by atoms with Crippen molar-refractivity contribution in [1.82, 2.24) is 4.98 Å². The van der Waals surface area contributed by atoms with Gasteiger partial charge in [-0.2, -0.15) is 0 Å². The molecule has 5 nitrogen and oxygen atoms in total. The number of hydrogen-bond acceptors (Lipinski definition) is 3. The number of carbonyl (C=O) groups excluding carboxylic acids is 2. The molecule has 0 spiro atoms. The van der Waals surface area contributed by atoms with Crippen LogP contribution in [0.3, 0.4) is 0 Å². The second-order valence-corrected chi connectivity index (χ2v) is 4.54. The van der Waals surface area contributed by atoms with Gasteiger partial charge in [0.15, 0.2) is 5.82 Å². The summed E-state index contributed by atoms with van der Waals surface area (Å²) in [5, 5.41) is 2.83. The molecule has 1 aliphatic carbocycles. The Hall–Kier alpha value is -2.43. The van der Waals surface area contributed by atoms with Crippen molar-refractivity contribution < 1.29 is 9.59 Å². The first-order valence-corrected chi connectivity index (χ1v) is 6.09. The van der Waals surface area contributed by atoms with Crippen LogP contribution >= 0.6 is 0 Å². The zero-order valence-corrected chi connectivity index (χ0v) is 10.4. The maximum Gasteiger partial charge on any atom is 0.233 e. The second-order valence-electron chi connectivity index (χ2n) is 4.54. The lowest BCUT2D eigenvalue weighted by Crippen LogP contribution is -2.44. The van der Waals surface area contributed by atoms with Crippen molar-refractivity contribution in [2.75, 3.05) is 10.2 Å². The van der Waals surface area contributed by atoms with E-state index in [9.17, 15) is 9.59 Å². The molecular formula is C14H13N3O2. The van der Waals surface area contributed by atoms with E-state index in [1.165, 1.54) is 6.92 Å². The highest BCUT2D eigenvalue weighted by Crippen LogP contribution is 2.33. The number of anilines is 2. The Morgan fingerprint density at radius 1 is 1.37 bits per heavy atom. The molecule has 5 heteroatoms. The number of nitrogens with one attached hydrogen (secondary N) is 1. The Morgan fingerprint density at radius 2 is 2.16 bits per heavy atom. The molecule has 1 aliphatic heterocycles. The molecule has 96 valence electrons. The summed E-state index contributed by atoms with van der Waals surface area (Å²) in [6, 6.07) is 3.16. The molecule has 19 heavy (non-hydrogen) atoms. The van der Waals surface area contributed by atoms with Crippen LogP contribution < -0.4 is 10.2 Å². The summed E-state index contributed by atoms with van der Waals surface area (Å²) in [7, 11) is 0. The summed E-state index contributed by atoms with van der Waals surface area (Å²) in [5.41, 5.74) is 0.568. The summed E-state index contributed by atoms with van der Waals surface area (Å²) in [6.07, 6.45) is 8.95. The van der Waals surface area contributed by atoms with Gasteiger partial charge < -0.3 is 5.32 Å². The van der Waals surface area contributed by atoms with Crippen molar-refractivity contribution >= 4 is 23.3 Å². The van der Waals surface area contributed by atoms with Gasteiger partial charge in [0.25, 0.3) is 0 Å². The molecule has 1 aromatic rings. The third-order valence-electron chi connectivity index (χ3n) is 3.32. The lowest BCUT2D eigenvalue weighted by atomic mass is 9.93. The molecule has 0 aromatic carbocycles. The van der Waals surface area contributed by atoms with Crippen LogP contribution in [0.4, 0.5) is 11.5 Å². The molecule has 0 fully saturated rings. The topological polar surface area (TPSA) is 62.3 Å². The number of allylic oxidation sites excluding steroid dienone is 2. The Morgan fingerprint density at radius 3 is 2.95 bits per heavy atom.